The Kier molecular flexibility index (Phi) is 4.49. The van der Waals surface area contributed by atoms with E-state index < -0.39 is 34.5 Å². The number of aromatic nitrogens is 1. The molecule has 0 N–H and O–H groups in total. The molecule has 0 saturated carbocycles. The van der Waals surface area contributed by atoms with Crippen LogP contribution in [0.15, 0.2) is 6.07 Å². The van der Waals surface area contributed by atoms with Gasteiger partial charge in [-0.3, -0.25) is 10.1 Å². The predicted octanol–water partition coefficient (Wildman–Crippen LogP) is 2.28. The number of pyridine rings is 1. The molecule has 0 aliphatic rings. The minimum absolute atomic E-state index is 0.239. The van der Waals surface area contributed by atoms with E-state index in [1.165, 1.54) is 22.6 Å². The highest BCUT2D eigenvalue weighted by molar-refractivity contribution is 14.1. The van der Waals surface area contributed by atoms with Crippen LogP contribution in [0.4, 0.5) is 18.9 Å². The minimum Gasteiger partial charge on any atom is -0.464 e. The van der Waals surface area contributed by atoms with Gasteiger partial charge in [-0.1, -0.05) is 0 Å². The summed E-state index contributed by atoms with van der Waals surface area (Å²) in [5.74, 6) is -2.36. The molecule has 0 aliphatic heterocycles. The average Bonchev–Trinajstić information content (AvgIpc) is 2.24. The number of rotatable bonds is 3. The first-order valence-corrected chi connectivity index (χ1v) is 5.42. The van der Waals surface area contributed by atoms with Gasteiger partial charge >= 0.3 is 23.9 Å². The zero-order chi connectivity index (χ0) is 14.8. The first-order valence-electron chi connectivity index (χ1n) is 4.34. The van der Waals surface area contributed by atoms with Crippen LogP contribution in [-0.4, -0.2) is 29.3 Å². The van der Waals surface area contributed by atoms with Gasteiger partial charge in [-0.25, -0.2) is 4.79 Å². The van der Waals surface area contributed by atoms with Crippen molar-refractivity contribution < 1.29 is 32.4 Å². The van der Waals surface area contributed by atoms with Crippen molar-refractivity contribution in [3.63, 3.8) is 0 Å². The summed E-state index contributed by atoms with van der Waals surface area (Å²) in [5, 5.41) is 10.7. The molecule has 0 fully saturated rings. The molecule has 0 unspecified atom stereocenters. The van der Waals surface area contributed by atoms with Crippen molar-refractivity contribution in [1.82, 2.24) is 4.98 Å². The van der Waals surface area contributed by atoms with Crippen LogP contribution in [0.25, 0.3) is 0 Å². The van der Waals surface area contributed by atoms with Crippen LogP contribution >= 0.6 is 22.6 Å². The van der Waals surface area contributed by atoms with Gasteiger partial charge in [0.1, 0.15) is 0 Å². The summed E-state index contributed by atoms with van der Waals surface area (Å²) in [5.41, 5.74) is -1.51. The van der Waals surface area contributed by atoms with Crippen molar-refractivity contribution >= 4 is 34.2 Å². The van der Waals surface area contributed by atoms with Crippen LogP contribution in [0, 0.1) is 13.7 Å². The second-order valence-corrected chi connectivity index (χ2v) is 4.10. The monoisotopic (exact) mass is 392 g/mol. The fourth-order valence-corrected chi connectivity index (χ4v) is 1.76. The first-order chi connectivity index (χ1) is 8.65. The quantitative estimate of drug-likeness (QED) is 0.339. The topological polar surface area (TPSA) is 91.6 Å². The van der Waals surface area contributed by atoms with E-state index in [0.29, 0.717) is 0 Å². The summed E-state index contributed by atoms with van der Waals surface area (Å²) in [6.45, 7) is 0. The second-order valence-electron chi connectivity index (χ2n) is 2.94. The van der Waals surface area contributed by atoms with Gasteiger partial charge in [0.2, 0.25) is 0 Å². The lowest BCUT2D eigenvalue weighted by Crippen LogP contribution is -2.20. The summed E-state index contributed by atoms with van der Waals surface area (Å²) < 4.78 is 43.9. The third kappa shape index (κ3) is 3.90. The lowest BCUT2D eigenvalue weighted by molar-refractivity contribution is -0.390. The third-order valence-corrected chi connectivity index (χ3v) is 2.53. The van der Waals surface area contributed by atoms with E-state index in [-0.39, 0.29) is 3.57 Å². The third-order valence-electron chi connectivity index (χ3n) is 1.70. The molecule has 104 valence electrons. The second kappa shape index (κ2) is 5.54. The van der Waals surface area contributed by atoms with E-state index in [0.717, 1.165) is 13.2 Å². The Hall–Kier alpha value is -1.66. The number of ether oxygens (including phenoxy) is 2. The molecule has 0 spiro atoms. The maximum absolute atomic E-state index is 12.1. The van der Waals surface area contributed by atoms with Gasteiger partial charge in [-0.15, -0.1) is 13.2 Å². The zero-order valence-electron chi connectivity index (χ0n) is 9.02. The number of carbonyl (C=O) groups is 1. The molecule has 1 heterocycles. The van der Waals surface area contributed by atoms with Crippen LogP contribution in [-0.2, 0) is 4.74 Å². The molecule has 0 bridgehead atoms. The van der Waals surface area contributed by atoms with Crippen molar-refractivity contribution in [1.29, 1.82) is 0 Å². The molecule has 0 aliphatic carbocycles. The highest BCUT2D eigenvalue weighted by Crippen LogP contribution is 2.34. The van der Waals surface area contributed by atoms with Crippen molar-refractivity contribution in [2.24, 2.45) is 0 Å². The number of nitro groups is 1. The van der Waals surface area contributed by atoms with E-state index in [1.54, 1.807) is 0 Å². The van der Waals surface area contributed by atoms with Crippen LogP contribution in [0.5, 0.6) is 5.88 Å². The SMILES string of the molecule is COC(=O)c1cc(I)c([N+](=O)[O-])c(OC(F)(F)F)n1. The Bertz CT molecular complexity index is 534. The minimum atomic E-state index is -5.17. The number of hydrogen-bond acceptors (Lipinski definition) is 6. The number of hydrogen-bond donors (Lipinski definition) is 0. The molecule has 0 saturated heterocycles. The van der Waals surface area contributed by atoms with Crippen molar-refractivity contribution in [3.05, 3.63) is 25.4 Å². The van der Waals surface area contributed by atoms with Crippen LogP contribution in [0.3, 0.4) is 0 Å². The van der Waals surface area contributed by atoms with Crippen molar-refractivity contribution in [2.45, 2.75) is 6.36 Å². The standard InChI is InChI=1S/C8H4F3IN2O5/c1-18-7(15)4-2-3(12)5(14(16)17)6(13-4)19-8(9,10)11/h2H,1H3. The largest absolute Gasteiger partial charge is 0.574 e. The molecule has 1 aromatic rings. The molecular weight excluding hydrogens is 388 g/mol. The molecule has 0 amide bonds. The lowest BCUT2D eigenvalue weighted by Gasteiger charge is -2.09. The molecule has 0 aromatic carbocycles. The van der Waals surface area contributed by atoms with Gasteiger partial charge in [-0.05, 0) is 28.7 Å². The highest BCUT2D eigenvalue weighted by atomic mass is 127. The van der Waals surface area contributed by atoms with Crippen LogP contribution in [0.1, 0.15) is 10.5 Å². The molecule has 1 rings (SSSR count). The highest BCUT2D eigenvalue weighted by Gasteiger charge is 2.37. The number of esters is 1. The molecule has 19 heavy (non-hydrogen) atoms. The fourth-order valence-electron chi connectivity index (χ4n) is 1.04. The van der Waals surface area contributed by atoms with Crippen LogP contribution in [0.2, 0.25) is 0 Å². The van der Waals surface area contributed by atoms with E-state index in [2.05, 4.69) is 14.5 Å². The van der Waals surface area contributed by atoms with Gasteiger partial charge in [0.25, 0.3) is 0 Å². The number of halogens is 4. The van der Waals surface area contributed by atoms with Crippen molar-refractivity contribution in [2.75, 3.05) is 7.11 Å². The van der Waals surface area contributed by atoms with Crippen LogP contribution < -0.4 is 4.74 Å². The Labute approximate surface area is 117 Å². The summed E-state index contributed by atoms with van der Waals surface area (Å²) in [6, 6.07) is 0.924. The molecule has 0 atom stereocenters. The Balaban J connectivity index is 3.41. The van der Waals surface area contributed by atoms with Gasteiger partial charge in [0, 0.05) is 0 Å². The maximum atomic E-state index is 12.1. The first kappa shape index (κ1) is 15.4. The maximum Gasteiger partial charge on any atom is 0.574 e. The zero-order valence-corrected chi connectivity index (χ0v) is 11.2. The normalized spacial score (nSPS) is 11.0. The Morgan fingerprint density at radius 3 is 2.53 bits per heavy atom. The number of carbonyl (C=O) groups excluding carboxylic acids is 1. The molecular formula is C8H4F3IN2O5. The summed E-state index contributed by atoms with van der Waals surface area (Å²) >= 11 is 1.39. The molecule has 7 nitrogen and oxygen atoms in total. The van der Waals surface area contributed by atoms with E-state index in [4.69, 9.17) is 0 Å². The Morgan fingerprint density at radius 1 is 1.53 bits per heavy atom. The van der Waals surface area contributed by atoms with E-state index in [9.17, 15) is 28.1 Å². The molecule has 11 heteroatoms. The van der Waals surface area contributed by atoms with Gasteiger partial charge in [0.05, 0.1) is 15.6 Å². The summed E-state index contributed by atoms with van der Waals surface area (Å²) in [7, 11) is 0.989. The van der Waals surface area contributed by atoms with Gasteiger partial charge in [0.15, 0.2) is 5.69 Å². The Morgan fingerprint density at radius 2 is 2.11 bits per heavy atom. The fraction of sp³-hybridized carbons (Fsp3) is 0.250. The van der Waals surface area contributed by atoms with Crippen molar-refractivity contribution in [3.8, 4) is 5.88 Å². The number of nitrogens with zero attached hydrogens (tertiary/aromatic N) is 2. The van der Waals surface area contributed by atoms with Gasteiger partial charge in [-0.2, -0.15) is 4.98 Å². The van der Waals surface area contributed by atoms with E-state index >= 15 is 0 Å². The molecule has 1 aromatic heterocycles. The lowest BCUT2D eigenvalue weighted by atomic mass is 10.3. The summed E-state index contributed by atoms with van der Waals surface area (Å²) in [4.78, 5) is 23.9. The predicted molar refractivity (Wildman–Crippen MR) is 61.6 cm³/mol. The number of methoxy groups -OCH3 is 1. The summed E-state index contributed by atoms with van der Waals surface area (Å²) in [6.07, 6.45) is -5.17. The van der Waals surface area contributed by atoms with Gasteiger partial charge < -0.3 is 9.47 Å². The molecule has 0 radical (unpaired) electrons. The van der Waals surface area contributed by atoms with E-state index in [1.807, 2.05) is 0 Å². The average molecular weight is 392 g/mol. The smallest absolute Gasteiger partial charge is 0.464 e. The number of alkyl halides is 3.